The Morgan fingerprint density at radius 2 is 2.10 bits per heavy atom. The molecule has 0 radical (unpaired) electrons. The van der Waals surface area contributed by atoms with Crippen LogP contribution in [0, 0.1) is 0 Å². The number of aliphatic hydroxyl groups excluding tert-OH is 2. The first-order chi connectivity index (χ1) is 4.77. The largest absolute Gasteiger partial charge is 0.396 e. The van der Waals surface area contributed by atoms with Gasteiger partial charge in [-0.3, -0.25) is 0 Å². The molecule has 0 amide bonds. The average Bonchev–Trinajstić information content (AvgIpc) is 1.87. The van der Waals surface area contributed by atoms with Crippen LogP contribution in [0.1, 0.15) is 26.2 Å². The Bertz CT molecular complexity index is 87.3. The summed E-state index contributed by atoms with van der Waals surface area (Å²) in [5.74, 6) is 0. The molecule has 0 bridgehead atoms. The maximum absolute atomic E-state index is 8.77. The van der Waals surface area contributed by atoms with Gasteiger partial charge in [0, 0.05) is 6.61 Å². The lowest BCUT2D eigenvalue weighted by Gasteiger charge is -1.93. The molecule has 2 nitrogen and oxygen atoms in total. The summed E-state index contributed by atoms with van der Waals surface area (Å²) < 4.78 is 0. The quantitative estimate of drug-likeness (QED) is 0.448. The Morgan fingerprint density at radius 1 is 1.40 bits per heavy atom. The van der Waals surface area contributed by atoms with E-state index in [1.165, 1.54) is 0 Å². The summed E-state index contributed by atoms with van der Waals surface area (Å²) in [5.41, 5.74) is 0. The lowest BCUT2D eigenvalue weighted by atomic mass is 10.2. The van der Waals surface area contributed by atoms with Gasteiger partial charge in [-0.1, -0.05) is 12.2 Å². The van der Waals surface area contributed by atoms with Crippen LogP contribution in [0.3, 0.4) is 0 Å². The fourth-order valence-corrected chi connectivity index (χ4v) is 0.667. The highest BCUT2D eigenvalue weighted by molar-refractivity contribution is 4.85. The summed E-state index contributed by atoms with van der Waals surface area (Å²) >= 11 is 0. The second-order valence-electron chi connectivity index (χ2n) is 2.39. The Labute approximate surface area is 62.2 Å². The van der Waals surface area contributed by atoms with Gasteiger partial charge in [-0.15, -0.1) is 0 Å². The lowest BCUT2D eigenvalue weighted by molar-refractivity contribution is 0.243. The SMILES string of the molecule is CC(O)C=CCCCCO. The van der Waals surface area contributed by atoms with E-state index in [9.17, 15) is 0 Å². The molecular weight excluding hydrogens is 128 g/mol. The van der Waals surface area contributed by atoms with Gasteiger partial charge in [-0.25, -0.2) is 0 Å². The minimum atomic E-state index is -0.339. The van der Waals surface area contributed by atoms with Crippen LogP contribution in [0.2, 0.25) is 0 Å². The molecule has 0 heterocycles. The van der Waals surface area contributed by atoms with Gasteiger partial charge >= 0.3 is 0 Å². The van der Waals surface area contributed by atoms with Crippen LogP contribution < -0.4 is 0 Å². The molecule has 0 aromatic rings. The maximum Gasteiger partial charge on any atom is 0.0692 e. The lowest BCUT2D eigenvalue weighted by Crippen LogP contribution is -1.91. The van der Waals surface area contributed by atoms with E-state index in [4.69, 9.17) is 10.2 Å². The van der Waals surface area contributed by atoms with Crippen LogP contribution in [0.4, 0.5) is 0 Å². The molecule has 0 saturated heterocycles. The molecule has 60 valence electrons. The van der Waals surface area contributed by atoms with E-state index in [-0.39, 0.29) is 12.7 Å². The molecule has 0 aromatic carbocycles. The minimum Gasteiger partial charge on any atom is -0.396 e. The van der Waals surface area contributed by atoms with Crippen molar-refractivity contribution in [2.45, 2.75) is 32.3 Å². The van der Waals surface area contributed by atoms with Crippen LogP contribution in [0.5, 0.6) is 0 Å². The Morgan fingerprint density at radius 3 is 2.60 bits per heavy atom. The van der Waals surface area contributed by atoms with Crippen molar-refractivity contribution < 1.29 is 10.2 Å². The number of unbranched alkanes of at least 4 members (excludes halogenated alkanes) is 2. The smallest absolute Gasteiger partial charge is 0.0692 e. The first-order valence-electron chi connectivity index (χ1n) is 3.73. The van der Waals surface area contributed by atoms with E-state index in [0.717, 1.165) is 19.3 Å². The molecule has 2 N–H and O–H groups in total. The molecule has 0 spiro atoms. The molecular formula is C8H16O2. The number of rotatable bonds is 5. The molecule has 0 aromatic heterocycles. The minimum absolute atomic E-state index is 0.266. The van der Waals surface area contributed by atoms with E-state index < -0.39 is 0 Å². The van der Waals surface area contributed by atoms with Gasteiger partial charge in [0.05, 0.1) is 6.10 Å². The number of aliphatic hydroxyl groups is 2. The van der Waals surface area contributed by atoms with Gasteiger partial charge in [-0.05, 0) is 26.2 Å². The van der Waals surface area contributed by atoms with Crippen molar-refractivity contribution in [3.8, 4) is 0 Å². The normalized spacial score (nSPS) is 14.3. The first-order valence-corrected chi connectivity index (χ1v) is 3.73. The molecule has 0 aliphatic rings. The van der Waals surface area contributed by atoms with Crippen LogP contribution >= 0.6 is 0 Å². The molecule has 2 heteroatoms. The van der Waals surface area contributed by atoms with Crippen LogP contribution in [-0.4, -0.2) is 22.9 Å². The number of hydrogen-bond acceptors (Lipinski definition) is 2. The number of allylic oxidation sites excluding steroid dienone is 1. The van der Waals surface area contributed by atoms with Crippen LogP contribution in [0.15, 0.2) is 12.2 Å². The molecule has 0 saturated carbocycles. The van der Waals surface area contributed by atoms with Gasteiger partial charge in [0.25, 0.3) is 0 Å². The maximum atomic E-state index is 8.77. The zero-order valence-corrected chi connectivity index (χ0v) is 6.45. The van der Waals surface area contributed by atoms with E-state index in [0.29, 0.717) is 0 Å². The monoisotopic (exact) mass is 144 g/mol. The van der Waals surface area contributed by atoms with Crippen molar-refractivity contribution in [2.75, 3.05) is 6.61 Å². The zero-order chi connectivity index (χ0) is 7.82. The third-order valence-corrected chi connectivity index (χ3v) is 1.19. The third-order valence-electron chi connectivity index (χ3n) is 1.19. The Balaban J connectivity index is 3.02. The van der Waals surface area contributed by atoms with Gasteiger partial charge in [0.2, 0.25) is 0 Å². The van der Waals surface area contributed by atoms with Gasteiger partial charge in [0.1, 0.15) is 0 Å². The molecule has 0 rings (SSSR count). The molecule has 0 aliphatic heterocycles. The van der Waals surface area contributed by atoms with Gasteiger partial charge in [-0.2, -0.15) is 0 Å². The highest BCUT2D eigenvalue weighted by Crippen LogP contribution is 1.96. The van der Waals surface area contributed by atoms with Crippen LogP contribution in [0.25, 0.3) is 0 Å². The second-order valence-corrected chi connectivity index (χ2v) is 2.39. The highest BCUT2D eigenvalue weighted by Gasteiger charge is 1.85. The van der Waals surface area contributed by atoms with Crippen molar-refractivity contribution in [1.82, 2.24) is 0 Å². The van der Waals surface area contributed by atoms with E-state index >= 15 is 0 Å². The van der Waals surface area contributed by atoms with E-state index in [1.807, 2.05) is 6.08 Å². The standard InChI is InChI=1S/C8H16O2/c1-8(10)6-4-2-3-5-7-9/h4,6,8-10H,2-3,5,7H2,1H3. The highest BCUT2D eigenvalue weighted by atomic mass is 16.3. The summed E-state index contributed by atoms with van der Waals surface area (Å²) in [6, 6.07) is 0. The van der Waals surface area contributed by atoms with Crippen molar-refractivity contribution in [3.05, 3.63) is 12.2 Å². The topological polar surface area (TPSA) is 40.5 Å². The molecule has 10 heavy (non-hydrogen) atoms. The average molecular weight is 144 g/mol. The van der Waals surface area contributed by atoms with Crippen LogP contribution in [-0.2, 0) is 0 Å². The van der Waals surface area contributed by atoms with E-state index in [2.05, 4.69) is 0 Å². The molecule has 1 unspecified atom stereocenters. The van der Waals surface area contributed by atoms with E-state index in [1.54, 1.807) is 13.0 Å². The molecule has 1 atom stereocenters. The van der Waals surface area contributed by atoms with Crippen molar-refractivity contribution in [2.24, 2.45) is 0 Å². The summed E-state index contributed by atoms with van der Waals surface area (Å²) in [5, 5.41) is 17.2. The predicted molar refractivity (Wildman–Crippen MR) is 41.8 cm³/mol. The fraction of sp³-hybridized carbons (Fsp3) is 0.750. The zero-order valence-electron chi connectivity index (χ0n) is 6.45. The Kier molecular flexibility index (Phi) is 6.55. The summed E-state index contributed by atoms with van der Waals surface area (Å²) in [7, 11) is 0. The molecule has 0 aliphatic carbocycles. The van der Waals surface area contributed by atoms with Gasteiger partial charge in [0.15, 0.2) is 0 Å². The third kappa shape index (κ3) is 7.66. The fourth-order valence-electron chi connectivity index (χ4n) is 0.667. The summed E-state index contributed by atoms with van der Waals surface area (Å²) in [4.78, 5) is 0. The van der Waals surface area contributed by atoms with Crippen molar-refractivity contribution in [3.63, 3.8) is 0 Å². The van der Waals surface area contributed by atoms with Crippen molar-refractivity contribution >= 4 is 0 Å². The first kappa shape index (κ1) is 9.66. The summed E-state index contributed by atoms with van der Waals surface area (Å²) in [6.07, 6.45) is 6.17. The van der Waals surface area contributed by atoms with Crippen molar-refractivity contribution in [1.29, 1.82) is 0 Å². The van der Waals surface area contributed by atoms with Gasteiger partial charge < -0.3 is 10.2 Å². The summed E-state index contributed by atoms with van der Waals surface area (Å²) in [6.45, 7) is 1.99. The second kappa shape index (κ2) is 6.78. The Hall–Kier alpha value is -0.340. The number of hydrogen-bond donors (Lipinski definition) is 2. The predicted octanol–water partition coefficient (Wildman–Crippen LogP) is 1.09. The molecule has 0 fully saturated rings.